The standard InChI is InChI=1S/C50H35NO/c1-3-4-5-15-31(2)51-45-29-26-32(33-20-14-21-40-37-19-9-13-25-46(37)52-49(33)40)30-41(45)39-28-27-38-36-18-8-12-24-44(36)50(47(38)48(39)51)42-22-10-6-16-34(42)35-17-7-11-23-43(35)50/h3-31H,1-2H3/b4-3-,15-5-. The fourth-order valence-electron chi connectivity index (χ4n) is 9.71. The van der Waals surface area contributed by atoms with E-state index in [-0.39, 0.29) is 6.04 Å². The number of allylic oxidation sites excluding steroid dienone is 4. The smallest absolute Gasteiger partial charge is 0.143 e. The molecular formula is C50H35NO. The number of para-hydroxylation sites is 2. The molecular weight excluding hydrogens is 631 g/mol. The third kappa shape index (κ3) is 3.69. The predicted molar refractivity (Wildman–Crippen MR) is 217 cm³/mol. The second-order valence-corrected chi connectivity index (χ2v) is 14.3. The number of nitrogens with zero attached hydrogens (tertiary/aromatic N) is 1. The molecule has 246 valence electrons. The van der Waals surface area contributed by atoms with Crippen LogP contribution in [0.25, 0.3) is 77.1 Å². The van der Waals surface area contributed by atoms with Gasteiger partial charge in [0.2, 0.25) is 0 Å². The van der Waals surface area contributed by atoms with Crippen molar-refractivity contribution in [1.29, 1.82) is 0 Å². The van der Waals surface area contributed by atoms with E-state index in [2.05, 4.69) is 182 Å². The summed E-state index contributed by atoms with van der Waals surface area (Å²) in [6.45, 7) is 4.40. The Labute approximate surface area is 302 Å². The number of fused-ring (bicyclic) bond motifs is 17. The summed E-state index contributed by atoms with van der Waals surface area (Å²) in [5, 5.41) is 4.82. The van der Waals surface area contributed by atoms with Crippen molar-refractivity contribution in [2.75, 3.05) is 0 Å². The lowest BCUT2D eigenvalue weighted by molar-refractivity contribution is 0.670. The van der Waals surface area contributed by atoms with Crippen molar-refractivity contribution in [1.82, 2.24) is 4.57 Å². The van der Waals surface area contributed by atoms with E-state index >= 15 is 0 Å². The summed E-state index contributed by atoms with van der Waals surface area (Å²) in [7, 11) is 0. The van der Waals surface area contributed by atoms with Crippen molar-refractivity contribution >= 4 is 43.7 Å². The van der Waals surface area contributed by atoms with Crippen molar-refractivity contribution < 1.29 is 4.42 Å². The Kier molecular flexibility index (Phi) is 6.10. The van der Waals surface area contributed by atoms with Gasteiger partial charge in [-0.15, -0.1) is 0 Å². The van der Waals surface area contributed by atoms with Gasteiger partial charge in [-0.2, -0.15) is 0 Å². The number of hydrogen-bond acceptors (Lipinski definition) is 1. The third-order valence-electron chi connectivity index (χ3n) is 11.7. The minimum absolute atomic E-state index is 0.0972. The first-order valence-electron chi connectivity index (χ1n) is 18.3. The molecule has 0 amide bonds. The molecule has 0 saturated carbocycles. The van der Waals surface area contributed by atoms with Gasteiger partial charge in [-0.1, -0.05) is 152 Å². The fourth-order valence-corrected chi connectivity index (χ4v) is 9.71. The maximum atomic E-state index is 6.54. The average molecular weight is 666 g/mol. The highest BCUT2D eigenvalue weighted by molar-refractivity contribution is 6.16. The van der Waals surface area contributed by atoms with Crippen LogP contribution < -0.4 is 0 Å². The van der Waals surface area contributed by atoms with Crippen LogP contribution in [-0.4, -0.2) is 4.57 Å². The molecule has 2 heteroatoms. The molecule has 2 heterocycles. The molecule has 0 N–H and O–H groups in total. The topological polar surface area (TPSA) is 18.1 Å². The molecule has 0 saturated heterocycles. The number of hydrogen-bond donors (Lipinski definition) is 0. The van der Waals surface area contributed by atoms with Gasteiger partial charge in [-0.25, -0.2) is 0 Å². The van der Waals surface area contributed by atoms with Crippen LogP contribution >= 0.6 is 0 Å². The summed E-state index contributed by atoms with van der Waals surface area (Å²) < 4.78 is 9.14. The second-order valence-electron chi connectivity index (χ2n) is 14.3. The molecule has 0 fully saturated rings. The third-order valence-corrected chi connectivity index (χ3v) is 11.7. The first-order valence-corrected chi connectivity index (χ1v) is 18.3. The van der Waals surface area contributed by atoms with Gasteiger partial charge in [0, 0.05) is 44.2 Å². The van der Waals surface area contributed by atoms with Crippen molar-refractivity contribution in [3.63, 3.8) is 0 Å². The zero-order valence-electron chi connectivity index (χ0n) is 29.1. The van der Waals surface area contributed by atoms with Gasteiger partial charge in [-0.05, 0) is 76.6 Å². The van der Waals surface area contributed by atoms with Crippen LogP contribution in [0.1, 0.15) is 42.1 Å². The SMILES string of the molecule is C/C=C\C=C/C(C)n1c2ccc(-c3cccc4c3oc3ccccc34)cc2c2ccc3c(c21)C1(c2ccccc2-c2ccccc21)c1ccccc1-3. The molecule has 1 spiro atoms. The van der Waals surface area contributed by atoms with Crippen LogP contribution in [0.2, 0.25) is 0 Å². The van der Waals surface area contributed by atoms with Crippen LogP contribution in [0.5, 0.6) is 0 Å². The summed E-state index contributed by atoms with van der Waals surface area (Å²) >= 11 is 0. The molecule has 1 unspecified atom stereocenters. The van der Waals surface area contributed by atoms with Gasteiger partial charge in [0.05, 0.1) is 10.9 Å². The van der Waals surface area contributed by atoms with Crippen molar-refractivity contribution in [2.45, 2.75) is 25.3 Å². The summed E-state index contributed by atoms with van der Waals surface area (Å²) in [6.07, 6.45) is 8.73. The van der Waals surface area contributed by atoms with E-state index in [1.807, 2.05) is 6.07 Å². The fraction of sp³-hybridized carbons (Fsp3) is 0.0800. The van der Waals surface area contributed by atoms with Gasteiger partial charge in [0.25, 0.3) is 0 Å². The van der Waals surface area contributed by atoms with E-state index in [9.17, 15) is 0 Å². The number of aromatic nitrogens is 1. The zero-order chi connectivity index (χ0) is 34.6. The maximum absolute atomic E-state index is 6.54. The summed E-state index contributed by atoms with van der Waals surface area (Å²) in [6, 6.07) is 54.0. The first kappa shape index (κ1) is 29.4. The predicted octanol–water partition coefficient (Wildman–Crippen LogP) is 13.4. The van der Waals surface area contributed by atoms with E-state index in [0.29, 0.717) is 0 Å². The Morgan fingerprint density at radius 1 is 0.558 bits per heavy atom. The Bertz CT molecular complexity index is 2940. The highest BCUT2D eigenvalue weighted by atomic mass is 16.3. The Balaban J connectivity index is 1.28. The highest BCUT2D eigenvalue weighted by Gasteiger charge is 2.53. The van der Waals surface area contributed by atoms with Gasteiger partial charge in [0.15, 0.2) is 0 Å². The first-order chi connectivity index (χ1) is 25.7. The lowest BCUT2D eigenvalue weighted by atomic mass is 9.70. The average Bonchev–Trinajstić information content (AvgIpc) is 3.91. The molecule has 1 atom stereocenters. The lowest BCUT2D eigenvalue weighted by Crippen LogP contribution is -2.27. The number of furan rings is 1. The van der Waals surface area contributed by atoms with E-state index in [1.165, 1.54) is 66.3 Å². The van der Waals surface area contributed by atoms with Crippen LogP contribution in [0.4, 0.5) is 0 Å². The molecule has 2 nitrogen and oxygen atoms in total. The van der Waals surface area contributed by atoms with Gasteiger partial charge < -0.3 is 8.98 Å². The Hall–Kier alpha value is -6.38. The molecule has 2 aliphatic rings. The normalized spacial score (nSPS) is 14.7. The second kappa shape index (κ2) is 10.8. The van der Waals surface area contributed by atoms with Crippen LogP contribution in [-0.2, 0) is 5.41 Å². The summed E-state index contributed by atoms with van der Waals surface area (Å²) in [5.74, 6) is 0. The zero-order valence-corrected chi connectivity index (χ0v) is 29.1. The highest BCUT2D eigenvalue weighted by Crippen LogP contribution is 2.64. The molecule has 52 heavy (non-hydrogen) atoms. The maximum Gasteiger partial charge on any atom is 0.143 e. The quantitative estimate of drug-likeness (QED) is 0.171. The minimum Gasteiger partial charge on any atom is -0.455 e. The molecule has 0 bridgehead atoms. The van der Waals surface area contributed by atoms with E-state index in [0.717, 1.165) is 33.1 Å². The van der Waals surface area contributed by atoms with Crippen LogP contribution in [0.15, 0.2) is 174 Å². The van der Waals surface area contributed by atoms with E-state index in [1.54, 1.807) is 0 Å². The van der Waals surface area contributed by atoms with Gasteiger partial charge in [0.1, 0.15) is 11.2 Å². The van der Waals surface area contributed by atoms with E-state index < -0.39 is 5.41 Å². The van der Waals surface area contributed by atoms with Crippen LogP contribution in [0, 0.1) is 0 Å². The minimum atomic E-state index is -0.444. The molecule has 11 rings (SSSR count). The van der Waals surface area contributed by atoms with Gasteiger partial charge in [-0.3, -0.25) is 0 Å². The van der Waals surface area contributed by atoms with Crippen LogP contribution in [0.3, 0.4) is 0 Å². The lowest BCUT2D eigenvalue weighted by Gasteiger charge is -2.31. The molecule has 2 aromatic heterocycles. The van der Waals surface area contributed by atoms with Crippen molar-refractivity contribution in [3.05, 3.63) is 192 Å². The van der Waals surface area contributed by atoms with Crippen molar-refractivity contribution in [3.8, 4) is 33.4 Å². The van der Waals surface area contributed by atoms with Crippen molar-refractivity contribution in [2.24, 2.45) is 0 Å². The summed E-state index contributed by atoms with van der Waals surface area (Å²) in [5.41, 5.74) is 16.9. The number of benzene rings is 7. The van der Waals surface area contributed by atoms with E-state index in [4.69, 9.17) is 4.42 Å². The Morgan fingerprint density at radius 3 is 1.92 bits per heavy atom. The molecule has 0 radical (unpaired) electrons. The molecule has 7 aromatic carbocycles. The molecule has 0 aliphatic heterocycles. The number of rotatable bonds is 4. The Morgan fingerprint density at radius 2 is 1.19 bits per heavy atom. The largest absolute Gasteiger partial charge is 0.455 e. The summed E-state index contributed by atoms with van der Waals surface area (Å²) in [4.78, 5) is 0. The monoisotopic (exact) mass is 665 g/mol. The molecule has 9 aromatic rings. The molecule has 2 aliphatic carbocycles. The van der Waals surface area contributed by atoms with Gasteiger partial charge >= 0.3 is 0 Å².